The Hall–Kier alpha value is -0.120. The molecule has 0 radical (unpaired) electrons. The number of ether oxygens (including phenoxy) is 1. The van der Waals surface area contributed by atoms with E-state index in [-0.39, 0.29) is 0 Å². The van der Waals surface area contributed by atoms with E-state index in [9.17, 15) is 0 Å². The van der Waals surface area contributed by atoms with E-state index in [1.807, 2.05) is 0 Å². The van der Waals surface area contributed by atoms with Crippen LogP contribution >= 0.6 is 0 Å². The van der Waals surface area contributed by atoms with Gasteiger partial charge in [-0.2, -0.15) is 0 Å². The average Bonchev–Trinajstić information content (AvgIpc) is 2.40. The van der Waals surface area contributed by atoms with E-state index >= 15 is 0 Å². The van der Waals surface area contributed by atoms with Crippen LogP contribution in [0.4, 0.5) is 0 Å². The Morgan fingerprint density at radius 1 is 1.28 bits per heavy atom. The van der Waals surface area contributed by atoms with Gasteiger partial charge in [-0.25, -0.2) is 0 Å². The molecule has 0 saturated heterocycles. The normalized spacial score (nSPS) is 19.3. The molecule has 0 amide bonds. The number of nitrogens with zero attached hydrogens (tertiary/aromatic N) is 1. The van der Waals surface area contributed by atoms with Crippen LogP contribution in [0.5, 0.6) is 0 Å². The Balaban J connectivity index is 2.21. The smallest absolute Gasteiger partial charge is 0.0474 e. The maximum absolute atomic E-state index is 5.06. The van der Waals surface area contributed by atoms with Gasteiger partial charge >= 0.3 is 0 Å². The number of hydrogen-bond acceptors (Lipinski definition) is 3. The Bertz CT molecular complexity index is 193. The van der Waals surface area contributed by atoms with Crippen LogP contribution in [-0.2, 0) is 4.74 Å². The molecule has 0 spiro atoms. The zero-order valence-electron chi connectivity index (χ0n) is 12.6. The molecule has 1 atom stereocenters. The highest BCUT2D eigenvalue weighted by Gasteiger charge is 2.23. The minimum atomic E-state index is 0.653. The summed E-state index contributed by atoms with van der Waals surface area (Å²) in [6, 6.07) is 1.49. The molecule has 1 unspecified atom stereocenters. The molecule has 1 N–H and O–H groups in total. The Morgan fingerprint density at radius 3 is 2.61 bits per heavy atom. The third-order valence-electron chi connectivity index (χ3n) is 4.12. The van der Waals surface area contributed by atoms with Gasteiger partial charge in [0.05, 0.1) is 0 Å². The first-order valence-electron chi connectivity index (χ1n) is 7.75. The standard InChI is InChI=1S/C15H32N2O/c1-4-17(15-9-6-5-7-10-15)14(2)13-16-11-8-12-18-3/h14-16H,4-13H2,1-3H3. The quantitative estimate of drug-likeness (QED) is 0.642. The molecule has 1 aliphatic carbocycles. The molecule has 0 bridgehead atoms. The second kappa shape index (κ2) is 9.76. The van der Waals surface area contributed by atoms with Crippen LogP contribution < -0.4 is 5.32 Å². The van der Waals surface area contributed by atoms with E-state index in [1.54, 1.807) is 7.11 Å². The van der Waals surface area contributed by atoms with E-state index in [0.29, 0.717) is 6.04 Å². The summed E-state index contributed by atoms with van der Waals surface area (Å²) < 4.78 is 5.06. The lowest BCUT2D eigenvalue weighted by Gasteiger charge is -2.38. The largest absolute Gasteiger partial charge is 0.385 e. The molecule has 0 aromatic rings. The molecule has 1 rings (SSSR count). The molecule has 108 valence electrons. The first kappa shape index (κ1) is 15.9. The summed E-state index contributed by atoms with van der Waals surface area (Å²) in [7, 11) is 1.77. The summed E-state index contributed by atoms with van der Waals surface area (Å²) >= 11 is 0. The van der Waals surface area contributed by atoms with Crippen molar-refractivity contribution in [3.63, 3.8) is 0 Å². The van der Waals surface area contributed by atoms with Crippen molar-refractivity contribution in [3.05, 3.63) is 0 Å². The van der Waals surface area contributed by atoms with Crippen molar-refractivity contribution < 1.29 is 4.74 Å². The molecule has 3 heteroatoms. The molecule has 0 aromatic carbocycles. The lowest BCUT2D eigenvalue weighted by molar-refractivity contribution is 0.117. The molecule has 1 fully saturated rings. The number of rotatable bonds is 9. The van der Waals surface area contributed by atoms with Crippen LogP contribution in [0.15, 0.2) is 0 Å². The lowest BCUT2D eigenvalue weighted by Crippen LogP contribution is -2.47. The fourth-order valence-electron chi connectivity index (χ4n) is 3.11. The molecule has 18 heavy (non-hydrogen) atoms. The summed E-state index contributed by atoms with van der Waals surface area (Å²) in [5, 5.41) is 3.55. The second-order valence-electron chi connectivity index (χ2n) is 5.52. The maximum atomic E-state index is 5.06. The lowest BCUT2D eigenvalue weighted by atomic mass is 9.93. The van der Waals surface area contributed by atoms with Crippen molar-refractivity contribution in [1.82, 2.24) is 10.2 Å². The summed E-state index contributed by atoms with van der Waals surface area (Å²) in [6.07, 6.45) is 8.21. The predicted octanol–water partition coefficient (Wildman–Crippen LogP) is 2.66. The van der Waals surface area contributed by atoms with Gasteiger partial charge in [0, 0.05) is 32.3 Å². The van der Waals surface area contributed by atoms with Crippen molar-refractivity contribution >= 4 is 0 Å². The Labute approximate surface area is 113 Å². The fraction of sp³-hybridized carbons (Fsp3) is 1.00. The monoisotopic (exact) mass is 256 g/mol. The van der Waals surface area contributed by atoms with Gasteiger partial charge in [-0.1, -0.05) is 26.2 Å². The number of likely N-dealkylation sites (N-methyl/N-ethyl adjacent to an activating group) is 1. The van der Waals surface area contributed by atoms with Gasteiger partial charge < -0.3 is 10.1 Å². The van der Waals surface area contributed by atoms with Crippen LogP contribution in [-0.4, -0.2) is 50.3 Å². The van der Waals surface area contributed by atoms with Crippen molar-refractivity contribution in [1.29, 1.82) is 0 Å². The van der Waals surface area contributed by atoms with Gasteiger partial charge in [-0.3, -0.25) is 4.90 Å². The highest BCUT2D eigenvalue weighted by molar-refractivity contribution is 4.80. The molecule has 0 heterocycles. The van der Waals surface area contributed by atoms with E-state index in [4.69, 9.17) is 4.74 Å². The minimum Gasteiger partial charge on any atom is -0.385 e. The maximum Gasteiger partial charge on any atom is 0.0474 e. The van der Waals surface area contributed by atoms with Crippen molar-refractivity contribution in [2.75, 3.05) is 33.4 Å². The third kappa shape index (κ3) is 5.68. The average molecular weight is 256 g/mol. The van der Waals surface area contributed by atoms with Crippen molar-refractivity contribution in [2.45, 2.75) is 64.5 Å². The molecule has 0 aromatic heterocycles. The van der Waals surface area contributed by atoms with Crippen LogP contribution in [0.1, 0.15) is 52.4 Å². The first-order chi connectivity index (χ1) is 8.79. The van der Waals surface area contributed by atoms with Crippen molar-refractivity contribution in [3.8, 4) is 0 Å². The van der Waals surface area contributed by atoms with E-state index in [0.717, 1.165) is 32.2 Å². The van der Waals surface area contributed by atoms with Crippen molar-refractivity contribution in [2.24, 2.45) is 0 Å². The summed E-state index contributed by atoms with van der Waals surface area (Å²) in [5.74, 6) is 0. The SMILES string of the molecule is CCN(C(C)CNCCCOC)C1CCCCC1. The van der Waals surface area contributed by atoms with E-state index in [1.165, 1.54) is 38.6 Å². The highest BCUT2D eigenvalue weighted by Crippen LogP contribution is 2.23. The number of nitrogens with one attached hydrogen (secondary N) is 1. The topological polar surface area (TPSA) is 24.5 Å². The zero-order valence-corrected chi connectivity index (χ0v) is 12.6. The molecule has 1 aliphatic rings. The predicted molar refractivity (Wildman–Crippen MR) is 78.1 cm³/mol. The molecule has 1 saturated carbocycles. The van der Waals surface area contributed by atoms with Gasteiger partial charge in [0.25, 0.3) is 0 Å². The van der Waals surface area contributed by atoms with Gasteiger partial charge in [-0.15, -0.1) is 0 Å². The summed E-state index contributed by atoms with van der Waals surface area (Å²) in [4.78, 5) is 2.70. The third-order valence-corrected chi connectivity index (χ3v) is 4.12. The first-order valence-corrected chi connectivity index (χ1v) is 7.75. The number of methoxy groups -OCH3 is 1. The van der Waals surface area contributed by atoms with Gasteiger partial charge in [-0.05, 0) is 39.3 Å². The zero-order chi connectivity index (χ0) is 13.2. The van der Waals surface area contributed by atoms with Crippen LogP contribution in [0.3, 0.4) is 0 Å². The highest BCUT2D eigenvalue weighted by atomic mass is 16.5. The molecule has 3 nitrogen and oxygen atoms in total. The van der Waals surface area contributed by atoms with Gasteiger partial charge in [0.1, 0.15) is 0 Å². The van der Waals surface area contributed by atoms with Crippen LogP contribution in [0, 0.1) is 0 Å². The molecular formula is C15H32N2O. The molecule has 0 aliphatic heterocycles. The summed E-state index contributed by atoms with van der Waals surface area (Å²) in [6.45, 7) is 8.89. The molecular weight excluding hydrogens is 224 g/mol. The second-order valence-corrected chi connectivity index (χ2v) is 5.52. The minimum absolute atomic E-state index is 0.653. The van der Waals surface area contributed by atoms with E-state index in [2.05, 4.69) is 24.1 Å². The van der Waals surface area contributed by atoms with Crippen LogP contribution in [0.2, 0.25) is 0 Å². The fourth-order valence-corrected chi connectivity index (χ4v) is 3.11. The van der Waals surface area contributed by atoms with E-state index < -0.39 is 0 Å². The van der Waals surface area contributed by atoms with Gasteiger partial charge in [0.15, 0.2) is 0 Å². The Kier molecular flexibility index (Phi) is 8.64. The summed E-state index contributed by atoms with van der Waals surface area (Å²) in [5.41, 5.74) is 0. The Morgan fingerprint density at radius 2 is 2.00 bits per heavy atom. The van der Waals surface area contributed by atoms with Crippen LogP contribution in [0.25, 0.3) is 0 Å². The van der Waals surface area contributed by atoms with Gasteiger partial charge in [0.2, 0.25) is 0 Å². The number of hydrogen-bond donors (Lipinski definition) is 1.